The van der Waals surface area contributed by atoms with Gasteiger partial charge in [0.2, 0.25) is 0 Å². The van der Waals surface area contributed by atoms with Crippen molar-refractivity contribution < 1.29 is 22.7 Å². The van der Waals surface area contributed by atoms with E-state index in [1.807, 2.05) is 6.92 Å². The van der Waals surface area contributed by atoms with E-state index in [0.717, 1.165) is 12.1 Å². The molecule has 1 aromatic carbocycles. The van der Waals surface area contributed by atoms with Crippen molar-refractivity contribution in [1.29, 1.82) is 0 Å². The van der Waals surface area contributed by atoms with Crippen LogP contribution < -0.4 is 4.74 Å². The Kier molecular flexibility index (Phi) is 4.41. The first-order valence-corrected chi connectivity index (χ1v) is 7.11. The van der Waals surface area contributed by atoms with E-state index in [9.17, 15) is 18.0 Å². The second kappa shape index (κ2) is 5.93. The molecule has 0 aliphatic heterocycles. The number of thioether (sulfide) groups is 1. The summed E-state index contributed by atoms with van der Waals surface area (Å²) in [5, 5.41) is 0.939. The fourth-order valence-corrected chi connectivity index (χ4v) is 2.75. The van der Waals surface area contributed by atoms with E-state index in [0.29, 0.717) is 34.0 Å². The second-order valence-electron chi connectivity index (χ2n) is 4.25. The number of fused-ring (bicyclic) bond motifs is 1. The van der Waals surface area contributed by atoms with Gasteiger partial charge in [0.15, 0.2) is 5.75 Å². The number of aromatic nitrogens is 1. The minimum Gasteiger partial charge on any atom is -0.426 e. The Morgan fingerprint density at radius 3 is 2.67 bits per heavy atom. The number of halogens is 3. The SMILES string of the molecule is CCSc1nc2cc(C(F)(F)F)ccc2c(C)c1OC=O. The highest BCUT2D eigenvalue weighted by atomic mass is 32.2. The molecule has 0 saturated carbocycles. The topological polar surface area (TPSA) is 39.2 Å². The van der Waals surface area contributed by atoms with Crippen molar-refractivity contribution in [2.24, 2.45) is 0 Å². The molecular weight excluding hydrogens is 303 g/mol. The van der Waals surface area contributed by atoms with Gasteiger partial charge in [0.05, 0.1) is 11.1 Å². The lowest BCUT2D eigenvalue weighted by molar-refractivity contribution is -0.137. The van der Waals surface area contributed by atoms with Crippen LogP contribution in [-0.2, 0) is 11.0 Å². The van der Waals surface area contributed by atoms with Crippen molar-refractivity contribution >= 4 is 29.1 Å². The monoisotopic (exact) mass is 315 g/mol. The molecule has 112 valence electrons. The number of benzene rings is 1. The molecule has 2 rings (SSSR count). The Morgan fingerprint density at radius 2 is 2.10 bits per heavy atom. The van der Waals surface area contributed by atoms with Gasteiger partial charge < -0.3 is 4.74 Å². The molecule has 1 heterocycles. The third-order valence-electron chi connectivity index (χ3n) is 2.93. The molecule has 2 aromatic rings. The zero-order chi connectivity index (χ0) is 15.6. The second-order valence-corrected chi connectivity index (χ2v) is 5.50. The highest BCUT2D eigenvalue weighted by molar-refractivity contribution is 7.99. The maximum absolute atomic E-state index is 12.8. The number of carbonyl (C=O) groups excluding carboxylic acids is 1. The minimum absolute atomic E-state index is 0.233. The first-order valence-electron chi connectivity index (χ1n) is 6.13. The third kappa shape index (κ3) is 3.12. The lowest BCUT2D eigenvalue weighted by Gasteiger charge is -2.13. The summed E-state index contributed by atoms with van der Waals surface area (Å²) in [5.41, 5.74) is 0.0757. The van der Waals surface area contributed by atoms with Gasteiger partial charge in [-0.25, -0.2) is 4.98 Å². The molecule has 0 aliphatic carbocycles. The van der Waals surface area contributed by atoms with Crippen LogP contribution in [0.3, 0.4) is 0 Å². The molecule has 0 amide bonds. The molecule has 0 atom stereocenters. The Hall–Kier alpha value is -1.76. The van der Waals surface area contributed by atoms with E-state index in [-0.39, 0.29) is 5.52 Å². The van der Waals surface area contributed by atoms with Crippen molar-refractivity contribution in [3.05, 3.63) is 29.3 Å². The van der Waals surface area contributed by atoms with Gasteiger partial charge >= 0.3 is 6.18 Å². The average molecular weight is 315 g/mol. The fourth-order valence-electron chi connectivity index (χ4n) is 1.98. The van der Waals surface area contributed by atoms with Gasteiger partial charge in [-0.05, 0) is 24.8 Å². The molecule has 21 heavy (non-hydrogen) atoms. The number of nitrogens with zero attached hydrogens (tertiary/aromatic N) is 1. The van der Waals surface area contributed by atoms with E-state index in [4.69, 9.17) is 4.74 Å². The van der Waals surface area contributed by atoms with Crippen molar-refractivity contribution in [3.8, 4) is 5.75 Å². The van der Waals surface area contributed by atoms with Crippen LogP contribution in [-0.4, -0.2) is 17.2 Å². The number of ether oxygens (including phenoxy) is 1. The number of hydrogen-bond acceptors (Lipinski definition) is 4. The number of carbonyl (C=O) groups is 1. The van der Waals surface area contributed by atoms with Crippen molar-refractivity contribution in [3.63, 3.8) is 0 Å². The zero-order valence-electron chi connectivity index (χ0n) is 11.3. The standard InChI is InChI=1S/C14H12F3NO2S/c1-3-21-13-12(20-7-19)8(2)10-5-4-9(14(15,16)17)6-11(10)18-13/h4-7H,3H2,1-2H3. The van der Waals surface area contributed by atoms with Gasteiger partial charge in [0.1, 0.15) is 5.03 Å². The maximum atomic E-state index is 12.8. The summed E-state index contributed by atoms with van der Waals surface area (Å²) in [5.74, 6) is 0.954. The first kappa shape index (κ1) is 15.6. The highest BCUT2D eigenvalue weighted by Gasteiger charge is 2.31. The van der Waals surface area contributed by atoms with Crippen LogP contribution in [0.4, 0.5) is 13.2 Å². The Labute approximate surface area is 123 Å². The van der Waals surface area contributed by atoms with Gasteiger partial charge in [-0.1, -0.05) is 13.0 Å². The summed E-state index contributed by atoms with van der Waals surface area (Å²) in [6, 6.07) is 3.35. The Bertz CT molecular complexity index is 686. The van der Waals surface area contributed by atoms with E-state index in [2.05, 4.69) is 4.98 Å². The lowest BCUT2D eigenvalue weighted by atomic mass is 10.1. The van der Waals surface area contributed by atoms with Crippen molar-refractivity contribution in [2.45, 2.75) is 25.0 Å². The number of pyridine rings is 1. The summed E-state index contributed by atoms with van der Waals surface area (Å²) in [4.78, 5) is 14.8. The molecule has 1 aromatic heterocycles. The van der Waals surface area contributed by atoms with Gasteiger partial charge in [-0.15, -0.1) is 11.8 Å². The van der Waals surface area contributed by atoms with E-state index in [1.54, 1.807) is 6.92 Å². The third-order valence-corrected chi connectivity index (χ3v) is 3.77. The number of hydrogen-bond donors (Lipinski definition) is 0. The molecule has 0 spiro atoms. The molecule has 0 radical (unpaired) electrons. The smallest absolute Gasteiger partial charge is 0.416 e. The quantitative estimate of drug-likeness (QED) is 0.626. The largest absolute Gasteiger partial charge is 0.426 e. The van der Waals surface area contributed by atoms with Crippen LogP contribution in [0.15, 0.2) is 23.2 Å². The molecule has 0 fully saturated rings. The van der Waals surface area contributed by atoms with Crippen LogP contribution in [0.1, 0.15) is 18.1 Å². The van der Waals surface area contributed by atoms with Gasteiger partial charge in [-0.2, -0.15) is 13.2 Å². The number of rotatable bonds is 4. The van der Waals surface area contributed by atoms with Crippen LogP contribution in [0.2, 0.25) is 0 Å². The predicted molar refractivity (Wildman–Crippen MR) is 74.6 cm³/mol. The minimum atomic E-state index is -4.42. The summed E-state index contributed by atoms with van der Waals surface area (Å²) in [6.45, 7) is 3.86. The molecule has 0 unspecified atom stereocenters. The number of alkyl halides is 3. The highest BCUT2D eigenvalue weighted by Crippen LogP contribution is 2.37. The molecule has 0 bridgehead atoms. The zero-order valence-corrected chi connectivity index (χ0v) is 12.1. The van der Waals surface area contributed by atoms with Crippen LogP contribution in [0, 0.1) is 6.92 Å². The van der Waals surface area contributed by atoms with E-state index in [1.165, 1.54) is 17.8 Å². The predicted octanol–water partition coefficient (Wildman–Crippen LogP) is 4.21. The van der Waals surface area contributed by atoms with Gasteiger partial charge in [-0.3, -0.25) is 4.79 Å². The number of aryl methyl sites for hydroxylation is 1. The van der Waals surface area contributed by atoms with E-state index < -0.39 is 11.7 Å². The van der Waals surface area contributed by atoms with Crippen molar-refractivity contribution in [2.75, 3.05) is 5.75 Å². The summed E-state index contributed by atoms with van der Waals surface area (Å²) >= 11 is 1.31. The lowest BCUT2D eigenvalue weighted by Crippen LogP contribution is -2.05. The van der Waals surface area contributed by atoms with Gasteiger partial charge in [0.25, 0.3) is 6.47 Å². The maximum Gasteiger partial charge on any atom is 0.416 e. The molecule has 3 nitrogen and oxygen atoms in total. The van der Waals surface area contributed by atoms with Crippen LogP contribution >= 0.6 is 11.8 Å². The Morgan fingerprint density at radius 1 is 1.38 bits per heavy atom. The van der Waals surface area contributed by atoms with Gasteiger partial charge in [0, 0.05) is 10.9 Å². The summed E-state index contributed by atoms with van der Waals surface area (Å²) < 4.78 is 43.2. The molecule has 0 aliphatic rings. The van der Waals surface area contributed by atoms with E-state index >= 15 is 0 Å². The summed E-state index contributed by atoms with van der Waals surface area (Å²) in [6.07, 6.45) is -4.42. The van der Waals surface area contributed by atoms with Crippen LogP contribution in [0.25, 0.3) is 10.9 Å². The molecular formula is C14H12F3NO2S. The molecule has 7 heteroatoms. The fraction of sp³-hybridized carbons (Fsp3) is 0.286. The first-order chi connectivity index (χ1) is 9.88. The van der Waals surface area contributed by atoms with Crippen LogP contribution in [0.5, 0.6) is 5.75 Å². The van der Waals surface area contributed by atoms with Crippen molar-refractivity contribution in [1.82, 2.24) is 4.98 Å². The molecule has 0 N–H and O–H groups in total. The summed E-state index contributed by atoms with van der Waals surface area (Å²) in [7, 11) is 0. The Balaban J connectivity index is 2.70. The average Bonchev–Trinajstić information content (AvgIpc) is 2.42. The normalized spacial score (nSPS) is 11.7. The molecule has 0 saturated heterocycles.